The molecule has 1 atom stereocenters. The van der Waals surface area contributed by atoms with Crippen LogP contribution in [-0.2, 0) is 16.1 Å². The van der Waals surface area contributed by atoms with Gasteiger partial charge in [-0.15, -0.1) is 0 Å². The van der Waals surface area contributed by atoms with Crippen molar-refractivity contribution in [2.75, 3.05) is 6.54 Å². The first kappa shape index (κ1) is 15.2. The van der Waals surface area contributed by atoms with Gasteiger partial charge in [-0.3, -0.25) is 9.59 Å². The molecular weight excluding hydrogens is 302 g/mol. The van der Waals surface area contributed by atoms with Gasteiger partial charge in [-0.25, -0.2) is 0 Å². The number of amides is 2. The lowest BCUT2D eigenvalue weighted by Crippen LogP contribution is -2.36. The summed E-state index contributed by atoms with van der Waals surface area (Å²) < 4.78 is 0. The van der Waals surface area contributed by atoms with Crippen molar-refractivity contribution in [2.24, 2.45) is 5.92 Å². The van der Waals surface area contributed by atoms with Crippen LogP contribution < -0.4 is 5.32 Å². The van der Waals surface area contributed by atoms with E-state index in [0.717, 1.165) is 23.9 Å². The van der Waals surface area contributed by atoms with Gasteiger partial charge < -0.3 is 15.2 Å². The van der Waals surface area contributed by atoms with E-state index in [9.17, 15) is 9.59 Å². The molecule has 4 rings (SSSR count). The monoisotopic (exact) mass is 325 g/mol. The summed E-state index contributed by atoms with van der Waals surface area (Å²) >= 11 is 0. The van der Waals surface area contributed by atoms with Gasteiger partial charge in [0.1, 0.15) is 0 Å². The Hall–Kier alpha value is -2.30. The summed E-state index contributed by atoms with van der Waals surface area (Å²) in [6.45, 7) is 1.09. The Bertz CT molecular complexity index is 761. The van der Waals surface area contributed by atoms with Crippen molar-refractivity contribution in [2.45, 2.75) is 44.7 Å². The van der Waals surface area contributed by atoms with Crippen LogP contribution >= 0.6 is 0 Å². The number of fused-ring (bicyclic) bond motifs is 1. The molecule has 126 valence electrons. The molecule has 1 saturated heterocycles. The number of aromatic amines is 1. The number of benzene rings is 1. The second-order valence-corrected chi connectivity index (χ2v) is 7.00. The molecule has 5 heteroatoms. The average Bonchev–Trinajstić information content (AvgIpc) is 3.31. The standard InChI is InChI=1S/C19H23N3O2/c23-18-10-15(12-22(18)16-3-1-2-4-16)19(24)21-11-13-5-6-14-7-8-20-17(14)9-13/h5-9,15-16,20H,1-4,10-12H2,(H,21,24)/t15-/m0/s1. The maximum absolute atomic E-state index is 12.4. The zero-order chi connectivity index (χ0) is 16.5. The second-order valence-electron chi connectivity index (χ2n) is 7.00. The fourth-order valence-corrected chi connectivity index (χ4v) is 4.01. The molecule has 2 heterocycles. The molecule has 2 aliphatic rings. The van der Waals surface area contributed by atoms with Gasteiger partial charge in [0.05, 0.1) is 5.92 Å². The summed E-state index contributed by atoms with van der Waals surface area (Å²) in [7, 11) is 0. The van der Waals surface area contributed by atoms with Crippen LogP contribution in [0.1, 0.15) is 37.7 Å². The summed E-state index contributed by atoms with van der Waals surface area (Å²) in [6, 6.07) is 8.53. The van der Waals surface area contributed by atoms with Gasteiger partial charge in [0.25, 0.3) is 0 Å². The fraction of sp³-hybridized carbons (Fsp3) is 0.474. The number of nitrogens with zero attached hydrogens (tertiary/aromatic N) is 1. The summed E-state index contributed by atoms with van der Waals surface area (Å²) in [4.78, 5) is 29.8. The summed E-state index contributed by atoms with van der Waals surface area (Å²) in [6.07, 6.45) is 6.86. The van der Waals surface area contributed by atoms with Gasteiger partial charge in [-0.05, 0) is 35.9 Å². The second kappa shape index (κ2) is 6.30. The van der Waals surface area contributed by atoms with Crippen LogP contribution in [0, 0.1) is 5.92 Å². The van der Waals surface area contributed by atoms with Crippen LogP contribution in [-0.4, -0.2) is 34.3 Å². The van der Waals surface area contributed by atoms with E-state index in [4.69, 9.17) is 0 Å². The molecule has 24 heavy (non-hydrogen) atoms. The Morgan fingerprint density at radius 3 is 2.92 bits per heavy atom. The lowest BCUT2D eigenvalue weighted by atomic mass is 10.1. The molecule has 1 aromatic heterocycles. The molecule has 0 bridgehead atoms. The number of aromatic nitrogens is 1. The molecule has 0 unspecified atom stereocenters. The van der Waals surface area contributed by atoms with E-state index in [-0.39, 0.29) is 17.7 Å². The van der Waals surface area contributed by atoms with E-state index >= 15 is 0 Å². The third-order valence-electron chi connectivity index (χ3n) is 5.38. The zero-order valence-electron chi connectivity index (χ0n) is 13.8. The lowest BCUT2D eigenvalue weighted by Gasteiger charge is -2.23. The van der Waals surface area contributed by atoms with Crippen LogP contribution in [0.15, 0.2) is 30.5 Å². The van der Waals surface area contributed by atoms with Crippen molar-refractivity contribution in [1.82, 2.24) is 15.2 Å². The van der Waals surface area contributed by atoms with Crippen molar-refractivity contribution in [3.8, 4) is 0 Å². The third kappa shape index (κ3) is 2.90. The maximum Gasteiger partial charge on any atom is 0.225 e. The Morgan fingerprint density at radius 2 is 2.08 bits per heavy atom. The predicted octanol–water partition coefficient (Wildman–Crippen LogP) is 2.58. The molecule has 2 fully saturated rings. The number of carbonyl (C=O) groups is 2. The van der Waals surface area contributed by atoms with Crippen LogP contribution in [0.25, 0.3) is 10.9 Å². The molecule has 5 nitrogen and oxygen atoms in total. The highest BCUT2D eigenvalue weighted by Crippen LogP contribution is 2.29. The molecule has 0 radical (unpaired) electrons. The first-order chi connectivity index (χ1) is 11.7. The first-order valence-electron chi connectivity index (χ1n) is 8.84. The van der Waals surface area contributed by atoms with Crippen molar-refractivity contribution in [3.05, 3.63) is 36.0 Å². The van der Waals surface area contributed by atoms with E-state index < -0.39 is 0 Å². The van der Waals surface area contributed by atoms with Crippen LogP contribution in [0.5, 0.6) is 0 Å². The SMILES string of the molecule is O=C(NCc1ccc2cc[nH]c2c1)[C@H]1CC(=O)N(C2CCCC2)C1. The number of H-pyrrole nitrogens is 1. The van der Waals surface area contributed by atoms with Gasteiger partial charge >= 0.3 is 0 Å². The fourth-order valence-electron chi connectivity index (χ4n) is 4.01. The molecule has 1 aromatic carbocycles. The largest absolute Gasteiger partial charge is 0.361 e. The summed E-state index contributed by atoms with van der Waals surface area (Å²) in [5, 5.41) is 4.16. The van der Waals surface area contributed by atoms with Crippen LogP contribution in [0.2, 0.25) is 0 Å². The van der Waals surface area contributed by atoms with E-state index in [0.29, 0.717) is 25.6 Å². The number of likely N-dealkylation sites (tertiary alicyclic amines) is 1. The molecule has 1 saturated carbocycles. The van der Waals surface area contributed by atoms with Gasteiger partial charge in [0.15, 0.2) is 0 Å². The quantitative estimate of drug-likeness (QED) is 0.907. The van der Waals surface area contributed by atoms with Crippen molar-refractivity contribution >= 4 is 22.7 Å². The minimum atomic E-state index is -0.202. The molecule has 2 N–H and O–H groups in total. The Labute approximate surface area is 141 Å². The van der Waals surface area contributed by atoms with Gasteiger partial charge in [0.2, 0.25) is 11.8 Å². The normalized spacial score (nSPS) is 21.8. The number of hydrogen-bond acceptors (Lipinski definition) is 2. The highest BCUT2D eigenvalue weighted by molar-refractivity contribution is 5.89. The van der Waals surface area contributed by atoms with Gasteiger partial charge in [0, 0.05) is 37.3 Å². The number of nitrogens with one attached hydrogen (secondary N) is 2. The smallest absolute Gasteiger partial charge is 0.225 e. The minimum absolute atomic E-state index is 0.00423. The third-order valence-corrected chi connectivity index (χ3v) is 5.38. The van der Waals surface area contributed by atoms with E-state index in [1.165, 1.54) is 18.2 Å². The Kier molecular flexibility index (Phi) is 4.00. The van der Waals surface area contributed by atoms with Crippen molar-refractivity contribution in [1.29, 1.82) is 0 Å². The van der Waals surface area contributed by atoms with E-state index in [1.807, 2.05) is 29.3 Å². The zero-order valence-corrected chi connectivity index (χ0v) is 13.8. The summed E-state index contributed by atoms with van der Waals surface area (Å²) in [5.74, 6) is -0.0578. The molecule has 2 aromatic rings. The van der Waals surface area contributed by atoms with Crippen LogP contribution in [0.4, 0.5) is 0 Å². The average molecular weight is 325 g/mol. The Balaban J connectivity index is 1.35. The predicted molar refractivity (Wildman–Crippen MR) is 92.2 cm³/mol. The van der Waals surface area contributed by atoms with Crippen LogP contribution in [0.3, 0.4) is 0 Å². The number of carbonyl (C=O) groups excluding carboxylic acids is 2. The summed E-state index contributed by atoms with van der Waals surface area (Å²) in [5.41, 5.74) is 2.14. The molecule has 1 aliphatic heterocycles. The molecular formula is C19H23N3O2. The lowest BCUT2D eigenvalue weighted by molar-refractivity contribution is -0.130. The molecule has 2 amide bonds. The van der Waals surface area contributed by atoms with E-state index in [2.05, 4.69) is 16.4 Å². The molecule has 1 aliphatic carbocycles. The maximum atomic E-state index is 12.4. The van der Waals surface area contributed by atoms with Gasteiger partial charge in [-0.1, -0.05) is 25.0 Å². The van der Waals surface area contributed by atoms with Crippen molar-refractivity contribution < 1.29 is 9.59 Å². The Morgan fingerprint density at radius 1 is 1.25 bits per heavy atom. The minimum Gasteiger partial charge on any atom is -0.361 e. The van der Waals surface area contributed by atoms with E-state index in [1.54, 1.807) is 0 Å². The van der Waals surface area contributed by atoms with Crippen molar-refractivity contribution in [3.63, 3.8) is 0 Å². The first-order valence-corrected chi connectivity index (χ1v) is 8.84. The highest BCUT2D eigenvalue weighted by Gasteiger charge is 2.38. The highest BCUT2D eigenvalue weighted by atomic mass is 16.2. The van der Waals surface area contributed by atoms with Gasteiger partial charge in [-0.2, -0.15) is 0 Å². The topological polar surface area (TPSA) is 65.2 Å². The number of hydrogen-bond donors (Lipinski definition) is 2. The molecule has 0 spiro atoms. The number of rotatable bonds is 4.